The molecule has 176 valence electrons. The lowest BCUT2D eigenvalue weighted by atomic mass is 10.2. The van der Waals surface area contributed by atoms with Gasteiger partial charge in [-0.3, -0.25) is 18.9 Å². The van der Waals surface area contributed by atoms with Crippen LogP contribution in [0.3, 0.4) is 0 Å². The lowest BCUT2D eigenvalue weighted by Crippen LogP contribution is -2.39. The molecule has 3 unspecified atom stereocenters. The Balaban J connectivity index is 1.82. The first-order valence-corrected chi connectivity index (χ1v) is 12.7. The van der Waals surface area contributed by atoms with Crippen molar-refractivity contribution in [1.82, 2.24) is 9.55 Å². The van der Waals surface area contributed by atoms with Gasteiger partial charge < -0.3 is 29.4 Å². The summed E-state index contributed by atoms with van der Waals surface area (Å²) in [5, 5.41) is 8.97. The van der Waals surface area contributed by atoms with Crippen molar-refractivity contribution >= 4 is 35.1 Å². The summed E-state index contributed by atoms with van der Waals surface area (Å²) >= 11 is 6.05. The number of hydrogen-bond donors (Lipinski definition) is 6. The number of rotatable bonds is 8. The summed E-state index contributed by atoms with van der Waals surface area (Å²) in [6.07, 6.45) is -2.74. The predicted octanol–water partition coefficient (Wildman–Crippen LogP) is -1.16. The van der Waals surface area contributed by atoms with Crippen LogP contribution in [0.15, 0.2) is 21.9 Å². The number of phosphoric acid groups is 3. The summed E-state index contributed by atoms with van der Waals surface area (Å²) in [6, 6.07) is 0.897. The number of ether oxygens (including phenoxy) is 1. The van der Waals surface area contributed by atoms with E-state index < -0.39 is 70.3 Å². The van der Waals surface area contributed by atoms with Crippen LogP contribution in [0.5, 0.6) is 0 Å². The van der Waals surface area contributed by atoms with Gasteiger partial charge in [0, 0.05) is 12.3 Å². The summed E-state index contributed by atoms with van der Waals surface area (Å²) in [5.41, 5.74) is -6.83. The Morgan fingerprint density at radius 3 is 2.29 bits per heavy atom. The van der Waals surface area contributed by atoms with E-state index in [0.717, 1.165) is 12.3 Å². The number of aromatic nitrogens is 2. The minimum absolute atomic E-state index is 0.697. The van der Waals surface area contributed by atoms with Gasteiger partial charge in [0.25, 0.3) is 5.56 Å². The molecule has 21 heteroatoms. The number of aliphatic hydroxyl groups is 1. The summed E-state index contributed by atoms with van der Waals surface area (Å²) in [5.74, 6) is 0. The van der Waals surface area contributed by atoms with E-state index in [9.17, 15) is 37.7 Å². The molecule has 1 aromatic rings. The van der Waals surface area contributed by atoms with E-state index in [1.165, 1.54) is 0 Å². The third-order valence-corrected chi connectivity index (χ3v) is 8.75. The van der Waals surface area contributed by atoms with Gasteiger partial charge in [-0.2, -0.15) is 8.62 Å². The normalized spacial score (nSPS) is 36.4. The molecule has 7 atom stereocenters. The first kappa shape index (κ1) is 24.9. The maximum Gasteiger partial charge on any atom is 0.490 e. The van der Waals surface area contributed by atoms with E-state index in [1.807, 2.05) is 4.98 Å². The van der Waals surface area contributed by atoms with Crippen molar-refractivity contribution in [2.24, 2.45) is 0 Å². The topological polar surface area (TPSA) is 244 Å². The highest BCUT2D eigenvalue weighted by molar-refractivity contribution is 7.66. The summed E-state index contributed by atoms with van der Waals surface area (Å²) in [6.45, 7) is -1.60. The number of nitrogens with zero attached hydrogens (tertiary/aromatic N) is 1. The van der Waals surface area contributed by atoms with Crippen molar-refractivity contribution in [3.63, 3.8) is 0 Å². The zero-order chi connectivity index (χ0) is 23.6. The average Bonchev–Trinajstić information content (AvgIpc) is 2.95. The molecule has 1 saturated heterocycles. The summed E-state index contributed by atoms with van der Waals surface area (Å²) < 4.78 is 65.2. The Labute approximate surface area is 174 Å². The Morgan fingerprint density at radius 1 is 1.19 bits per heavy atom. The summed E-state index contributed by atoms with van der Waals surface area (Å²) in [7, 11) is -17.2. The van der Waals surface area contributed by atoms with Crippen LogP contribution in [-0.4, -0.2) is 63.6 Å². The summed E-state index contributed by atoms with van der Waals surface area (Å²) in [4.78, 5) is 60.7. The van der Waals surface area contributed by atoms with E-state index >= 15 is 0 Å². The second-order valence-electron chi connectivity index (χ2n) is 6.35. The van der Waals surface area contributed by atoms with E-state index in [2.05, 4.69) is 13.1 Å². The number of aromatic amines is 1. The van der Waals surface area contributed by atoms with Gasteiger partial charge in [0.05, 0.1) is 0 Å². The standard InChI is InChI=1S/C10H13ClFN2O14P3/c11-5-6(14-2-1-4(15)13-8(14)16)25-9(3-12)7(10(5,9)17)26-30(21,22)28-31(23,24)27-29(18,19)20/h1-2,5-7,17H,3H2,(H,21,22)(H,23,24)(H,13,15,16)(H2,18,19,20)/t5-,6+,7?,9+,10+/m0/s1. The lowest BCUT2D eigenvalue weighted by Gasteiger charge is -2.25. The van der Waals surface area contributed by atoms with Crippen LogP contribution in [-0.2, 0) is 31.6 Å². The molecule has 1 saturated carbocycles. The zero-order valence-corrected chi connectivity index (χ0v) is 18.0. The van der Waals surface area contributed by atoms with Gasteiger partial charge >= 0.3 is 29.2 Å². The number of nitrogens with one attached hydrogen (secondary N) is 1. The zero-order valence-electron chi connectivity index (χ0n) is 14.5. The second kappa shape index (κ2) is 7.64. The van der Waals surface area contributed by atoms with Gasteiger partial charge in [-0.1, -0.05) is 0 Å². The Kier molecular flexibility index (Phi) is 6.13. The quantitative estimate of drug-likeness (QED) is 0.171. The highest BCUT2D eigenvalue weighted by Crippen LogP contribution is 2.72. The highest BCUT2D eigenvalue weighted by atomic mass is 35.5. The smallest absolute Gasteiger partial charge is 0.382 e. The first-order valence-electron chi connectivity index (χ1n) is 7.72. The molecule has 16 nitrogen and oxygen atoms in total. The molecule has 2 fully saturated rings. The van der Waals surface area contributed by atoms with Gasteiger partial charge in [-0.05, 0) is 0 Å². The highest BCUT2D eigenvalue weighted by Gasteiger charge is 2.89. The molecular weight excluding hydrogens is 519 g/mol. The molecule has 2 aliphatic rings. The first-order chi connectivity index (χ1) is 14.0. The average molecular weight is 533 g/mol. The van der Waals surface area contributed by atoms with Gasteiger partial charge in [0.2, 0.25) is 0 Å². The fourth-order valence-corrected chi connectivity index (χ4v) is 6.87. The minimum atomic E-state index is -5.86. The maximum atomic E-state index is 13.8. The second-order valence-corrected chi connectivity index (χ2v) is 11.2. The molecular formula is C10H13ClFN2O14P3. The van der Waals surface area contributed by atoms with Gasteiger partial charge in [-0.25, -0.2) is 22.9 Å². The van der Waals surface area contributed by atoms with Gasteiger partial charge in [-0.15, -0.1) is 11.6 Å². The van der Waals surface area contributed by atoms with Gasteiger partial charge in [0.1, 0.15) is 23.8 Å². The van der Waals surface area contributed by atoms with Crippen molar-refractivity contribution in [2.45, 2.75) is 28.9 Å². The van der Waals surface area contributed by atoms with Crippen LogP contribution in [0, 0.1) is 0 Å². The third kappa shape index (κ3) is 4.39. The fraction of sp³-hybridized carbons (Fsp3) is 0.600. The molecule has 0 amide bonds. The number of hydrogen-bond acceptors (Lipinski definition) is 10. The van der Waals surface area contributed by atoms with Crippen molar-refractivity contribution in [1.29, 1.82) is 0 Å². The molecule has 1 aliphatic heterocycles. The molecule has 0 aromatic carbocycles. The number of H-pyrrole nitrogens is 1. The predicted molar refractivity (Wildman–Crippen MR) is 93.5 cm³/mol. The number of phosphoric ester groups is 1. The third-order valence-electron chi connectivity index (χ3n) is 4.40. The van der Waals surface area contributed by atoms with Crippen LogP contribution in [0.4, 0.5) is 4.39 Å². The maximum absolute atomic E-state index is 13.8. The molecule has 6 N–H and O–H groups in total. The van der Waals surface area contributed by atoms with Crippen LogP contribution in [0.2, 0.25) is 0 Å². The Morgan fingerprint density at radius 2 is 1.81 bits per heavy atom. The SMILES string of the molecule is O=c1ccn([C@@H]2O[C@]3(CF)C(OP(=O)(O)OP(=O)(O)OP(=O)(O)O)[C@]3(O)[C@H]2Cl)c(=O)[nH]1. The molecule has 1 aromatic heterocycles. The van der Waals surface area contributed by atoms with Gasteiger partial charge in [0.15, 0.2) is 11.8 Å². The van der Waals surface area contributed by atoms with E-state index in [4.69, 9.17) is 31.0 Å². The van der Waals surface area contributed by atoms with Crippen molar-refractivity contribution in [3.8, 4) is 0 Å². The van der Waals surface area contributed by atoms with Crippen molar-refractivity contribution in [3.05, 3.63) is 33.1 Å². The fourth-order valence-electron chi connectivity index (χ4n) is 3.14. The van der Waals surface area contributed by atoms with E-state index in [0.29, 0.717) is 4.57 Å². The largest absolute Gasteiger partial charge is 0.490 e. The minimum Gasteiger partial charge on any atom is -0.382 e. The van der Waals surface area contributed by atoms with E-state index in [1.54, 1.807) is 0 Å². The number of fused-ring (bicyclic) bond motifs is 1. The Hall–Kier alpha value is -0.770. The molecule has 1 aliphatic carbocycles. The number of halogens is 2. The van der Waals surface area contributed by atoms with Crippen LogP contribution in [0.1, 0.15) is 6.23 Å². The number of alkyl halides is 2. The van der Waals surface area contributed by atoms with Crippen molar-refractivity contribution in [2.75, 3.05) is 6.67 Å². The molecule has 31 heavy (non-hydrogen) atoms. The van der Waals surface area contributed by atoms with Crippen LogP contribution in [0.25, 0.3) is 0 Å². The van der Waals surface area contributed by atoms with Crippen molar-refractivity contribution < 1.29 is 60.6 Å². The molecule has 2 heterocycles. The van der Waals surface area contributed by atoms with E-state index in [-0.39, 0.29) is 0 Å². The Bertz CT molecular complexity index is 1150. The lowest BCUT2D eigenvalue weighted by molar-refractivity contribution is -0.0746. The molecule has 0 radical (unpaired) electrons. The monoisotopic (exact) mass is 532 g/mol. The van der Waals surface area contributed by atoms with Crippen LogP contribution >= 0.6 is 35.1 Å². The molecule has 0 spiro atoms. The van der Waals surface area contributed by atoms with Crippen LogP contribution < -0.4 is 11.2 Å². The molecule has 3 rings (SSSR count). The molecule has 0 bridgehead atoms.